The van der Waals surface area contributed by atoms with Crippen LogP contribution >= 0.6 is 0 Å². The van der Waals surface area contributed by atoms with E-state index in [1.54, 1.807) is 0 Å². The van der Waals surface area contributed by atoms with Crippen molar-refractivity contribution in [2.75, 3.05) is 0 Å². The van der Waals surface area contributed by atoms with E-state index >= 15 is 0 Å². The summed E-state index contributed by atoms with van der Waals surface area (Å²) in [5, 5.41) is 9.38. The van der Waals surface area contributed by atoms with Crippen molar-refractivity contribution in [1.82, 2.24) is 0 Å². The maximum atomic E-state index is 9.38. The monoisotopic (exact) mass is 178 g/mol. The lowest BCUT2D eigenvalue weighted by Crippen LogP contribution is -2.01. The highest BCUT2D eigenvalue weighted by Crippen LogP contribution is 2.16. The van der Waals surface area contributed by atoms with Gasteiger partial charge in [-0.2, -0.15) is 0 Å². The Balaban J connectivity index is 2.40. The molecule has 1 heteroatoms. The first-order valence-electron chi connectivity index (χ1n) is 5.21. The van der Waals surface area contributed by atoms with Crippen LogP contribution in [-0.4, -0.2) is 11.2 Å². The van der Waals surface area contributed by atoms with Crippen LogP contribution in [0.5, 0.6) is 0 Å². The minimum atomic E-state index is -0.423. The van der Waals surface area contributed by atoms with Gasteiger partial charge >= 0.3 is 0 Å². The Morgan fingerprint density at radius 3 is 3.00 bits per heavy atom. The van der Waals surface area contributed by atoms with Gasteiger partial charge in [-0.1, -0.05) is 31.3 Å². The summed E-state index contributed by atoms with van der Waals surface area (Å²) in [7, 11) is 0. The predicted molar refractivity (Wildman–Crippen MR) is 55.2 cm³/mol. The molecule has 0 aromatic rings. The van der Waals surface area contributed by atoms with E-state index in [0.717, 1.165) is 25.7 Å². The van der Waals surface area contributed by atoms with Gasteiger partial charge in [-0.25, -0.2) is 0 Å². The number of rotatable bonds is 2. The summed E-state index contributed by atoms with van der Waals surface area (Å²) in [5.41, 5.74) is 1.22. The summed E-state index contributed by atoms with van der Waals surface area (Å²) in [5.74, 6) is 5.96. The van der Waals surface area contributed by atoms with Gasteiger partial charge in [0.05, 0.1) is 0 Å². The van der Waals surface area contributed by atoms with Crippen LogP contribution in [0.15, 0.2) is 11.6 Å². The molecule has 13 heavy (non-hydrogen) atoms. The maximum Gasteiger partial charge on any atom is 0.115 e. The van der Waals surface area contributed by atoms with E-state index in [-0.39, 0.29) is 0 Å². The van der Waals surface area contributed by atoms with Crippen molar-refractivity contribution in [3.63, 3.8) is 0 Å². The fourth-order valence-electron chi connectivity index (χ4n) is 1.47. The largest absolute Gasteiger partial charge is 0.380 e. The van der Waals surface area contributed by atoms with E-state index in [4.69, 9.17) is 0 Å². The smallest absolute Gasteiger partial charge is 0.115 e. The van der Waals surface area contributed by atoms with Gasteiger partial charge in [-0.05, 0) is 37.7 Å². The third-order valence-electron chi connectivity index (χ3n) is 2.25. The van der Waals surface area contributed by atoms with E-state index in [1.807, 2.05) is 0 Å². The standard InChI is InChI=1S/C12H18O/c1-2-6-12(13)10-9-11-7-4-3-5-8-11/h7,12-13H,2-6,8H2,1H3. The van der Waals surface area contributed by atoms with Gasteiger partial charge in [-0.15, -0.1) is 0 Å². The molecule has 0 bridgehead atoms. The normalized spacial score (nSPS) is 18.5. The molecule has 0 radical (unpaired) electrons. The second-order valence-corrected chi connectivity index (χ2v) is 3.55. The molecule has 1 aliphatic rings. The van der Waals surface area contributed by atoms with Gasteiger partial charge < -0.3 is 5.11 Å². The van der Waals surface area contributed by atoms with Gasteiger partial charge in [0.1, 0.15) is 6.10 Å². The first kappa shape index (κ1) is 10.3. The summed E-state index contributed by atoms with van der Waals surface area (Å²) in [6, 6.07) is 0. The van der Waals surface area contributed by atoms with Crippen LogP contribution in [0.4, 0.5) is 0 Å². The van der Waals surface area contributed by atoms with Crippen molar-refractivity contribution in [3.05, 3.63) is 11.6 Å². The highest BCUT2D eigenvalue weighted by Gasteiger charge is 2.00. The molecular weight excluding hydrogens is 160 g/mol. The topological polar surface area (TPSA) is 20.2 Å². The van der Waals surface area contributed by atoms with Crippen LogP contribution < -0.4 is 0 Å². The number of aliphatic hydroxyl groups is 1. The van der Waals surface area contributed by atoms with E-state index in [9.17, 15) is 5.11 Å². The molecule has 0 heterocycles. The lowest BCUT2D eigenvalue weighted by Gasteiger charge is -2.06. The first-order chi connectivity index (χ1) is 6.33. The molecule has 0 aliphatic heterocycles. The van der Waals surface area contributed by atoms with Gasteiger partial charge in [0.25, 0.3) is 0 Å². The zero-order chi connectivity index (χ0) is 9.52. The number of aliphatic hydroxyl groups excluding tert-OH is 1. The van der Waals surface area contributed by atoms with Crippen molar-refractivity contribution in [3.8, 4) is 11.8 Å². The molecule has 0 aromatic heterocycles. The summed E-state index contributed by atoms with van der Waals surface area (Å²) in [6.07, 6.45) is 8.38. The molecule has 72 valence electrons. The summed E-state index contributed by atoms with van der Waals surface area (Å²) >= 11 is 0. The zero-order valence-corrected chi connectivity index (χ0v) is 8.34. The van der Waals surface area contributed by atoms with E-state index in [2.05, 4.69) is 24.8 Å². The Bertz CT molecular complexity index is 229. The summed E-state index contributed by atoms with van der Waals surface area (Å²) < 4.78 is 0. The molecule has 1 unspecified atom stereocenters. The summed E-state index contributed by atoms with van der Waals surface area (Å²) in [6.45, 7) is 2.06. The number of hydrogen-bond acceptors (Lipinski definition) is 1. The SMILES string of the molecule is CCCC(O)C#CC1=CCCCC1. The van der Waals surface area contributed by atoms with E-state index in [1.165, 1.54) is 18.4 Å². The minimum Gasteiger partial charge on any atom is -0.380 e. The average molecular weight is 178 g/mol. The van der Waals surface area contributed by atoms with Gasteiger partial charge in [0.15, 0.2) is 0 Å². The quantitative estimate of drug-likeness (QED) is 0.644. The third kappa shape index (κ3) is 4.15. The van der Waals surface area contributed by atoms with Gasteiger partial charge in [0, 0.05) is 0 Å². The van der Waals surface area contributed by atoms with Crippen molar-refractivity contribution in [2.24, 2.45) is 0 Å². The van der Waals surface area contributed by atoms with Crippen LogP contribution in [0.1, 0.15) is 45.4 Å². The van der Waals surface area contributed by atoms with Crippen molar-refractivity contribution in [1.29, 1.82) is 0 Å². The molecule has 0 saturated heterocycles. The first-order valence-corrected chi connectivity index (χ1v) is 5.21. The molecule has 1 N–H and O–H groups in total. The average Bonchev–Trinajstić information content (AvgIpc) is 2.17. The molecular formula is C12H18O. The van der Waals surface area contributed by atoms with Crippen LogP contribution in [0.3, 0.4) is 0 Å². The van der Waals surface area contributed by atoms with Crippen molar-refractivity contribution >= 4 is 0 Å². The van der Waals surface area contributed by atoms with Crippen LogP contribution in [-0.2, 0) is 0 Å². The Hall–Kier alpha value is -0.740. The van der Waals surface area contributed by atoms with Crippen molar-refractivity contribution < 1.29 is 5.11 Å². The van der Waals surface area contributed by atoms with Crippen LogP contribution in [0, 0.1) is 11.8 Å². The fourth-order valence-corrected chi connectivity index (χ4v) is 1.47. The predicted octanol–water partition coefficient (Wildman–Crippen LogP) is 2.65. The Morgan fingerprint density at radius 2 is 2.38 bits per heavy atom. The molecule has 1 aliphatic carbocycles. The van der Waals surface area contributed by atoms with E-state index < -0.39 is 6.10 Å². The molecule has 0 amide bonds. The van der Waals surface area contributed by atoms with Gasteiger partial charge in [-0.3, -0.25) is 0 Å². The molecule has 0 aromatic carbocycles. The maximum absolute atomic E-state index is 9.38. The molecule has 1 rings (SSSR count). The Kier molecular flexibility index (Phi) is 4.64. The second-order valence-electron chi connectivity index (χ2n) is 3.55. The lowest BCUT2D eigenvalue weighted by molar-refractivity contribution is 0.221. The number of hydrogen-bond donors (Lipinski definition) is 1. The Morgan fingerprint density at radius 1 is 1.54 bits per heavy atom. The van der Waals surface area contributed by atoms with Gasteiger partial charge in [0.2, 0.25) is 0 Å². The molecule has 1 nitrogen and oxygen atoms in total. The van der Waals surface area contributed by atoms with Crippen LogP contribution in [0.2, 0.25) is 0 Å². The fraction of sp³-hybridized carbons (Fsp3) is 0.667. The summed E-state index contributed by atoms with van der Waals surface area (Å²) in [4.78, 5) is 0. The Labute approximate surface area is 80.9 Å². The molecule has 0 spiro atoms. The molecule has 0 saturated carbocycles. The lowest BCUT2D eigenvalue weighted by atomic mass is 10.00. The third-order valence-corrected chi connectivity index (χ3v) is 2.25. The van der Waals surface area contributed by atoms with Crippen LogP contribution in [0.25, 0.3) is 0 Å². The second kappa shape index (κ2) is 5.83. The molecule has 1 atom stereocenters. The number of allylic oxidation sites excluding steroid dienone is 2. The zero-order valence-electron chi connectivity index (χ0n) is 8.34. The van der Waals surface area contributed by atoms with E-state index in [0.29, 0.717) is 0 Å². The highest BCUT2D eigenvalue weighted by atomic mass is 16.3. The van der Waals surface area contributed by atoms with Crippen molar-refractivity contribution in [2.45, 2.75) is 51.6 Å². The highest BCUT2D eigenvalue weighted by molar-refractivity contribution is 5.30. The molecule has 0 fully saturated rings. The minimum absolute atomic E-state index is 0.423.